The molecule has 1 unspecified atom stereocenters. The van der Waals surface area contributed by atoms with Gasteiger partial charge in [0, 0.05) is 35.6 Å². The van der Waals surface area contributed by atoms with Gasteiger partial charge in [0.25, 0.3) is 5.91 Å². The molecule has 1 N–H and O–H groups in total. The summed E-state index contributed by atoms with van der Waals surface area (Å²) in [7, 11) is 0. The Morgan fingerprint density at radius 2 is 1.97 bits per heavy atom. The number of nitrogens with one attached hydrogen (secondary N) is 1. The summed E-state index contributed by atoms with van der Waals surface area (Å²) in [6.07, 6.45) is -0.0708. The molecule has 3 aromatic heterocycles. The number of carbonyl (C=O) groups is 1. The fraction of sp³-hybridized carbons (Fsp3) is 0.240. The fourth-order valence-electron chi connectivity index (χ4n) is 4.08. The van der Waals surface area contributed by atoms with Gasteiger partial charge in [-0.2, -0.15) is 13.2 Å². The Hall–Kier alpha value is -4.35. The van der Waals surface area contributed by atoms with Gasteiger partial charge in [0.15, 0.2) is 5.82 Å². The van der Waals surface area contributed by atoms with Crippen LogP contribution in [0.5, 0.6) is 5.75 Å². The molecule has 1 aliphatic heterocycles. The lowest BCUT2D eigenvalue weighted by molar-refractivity contribution is -0.137. The topological polar surface area (TPSA) is 94.8 Å². The van der Waals surface area contributed by atoms with Crippen molar-refractivity contribution in [3.05, 3.63) is 72.1 Å². The van der Waals surface area contributed by atoms with Gasteiger partial charge in [-0.1, -0.05) is 6.07 Å². The molecule has 0 saturated heterocycles. The molecule has 2 bridgehead atoms. The monoisotopic (exact) mass is 512 g/mol. The quantitative estimate of drug-likeness (QED) is 0.336. The second kappa shape index (κ2) is 9.60. The largest absolute Gasteiger partial charge is 0.493 e. The third-order valence-corrected chi connectivity index (χ3v) is 5.98. The fourth-order valence-corrected chi connectivity index (χ4v) is 4.08. The summed E-state index contributed by atoms with van der Waals surface area (Å²) in [6.45, 7) is 2.17. The summed E-state index contributed by atoms with van der Waals surface area (Å²) in [5.74, 6) is -0.837. The summed E-state index contributed by atoms with van der Waals surface area (Å²) in [6, 6.07) is 7.94. The third kappa shape index (κ3) is 4.99. The second-order valence-electron chi connectivity index (χ2n) is 8.55. The molecule has 0 fully saturated rings. The number of anilines is 1. The van der Waals surface area contributed by atoms with Gasteiger partial charge in [-0.05, 0) is 44.0 Å². The van der Waals surface area contributed by atoms with Crippen LogP contribution >= 0.6 is 0 Å². The van der Waals surface area contributed by atoms with Crippen molar-refractivity contribution >= 4 is 11.7 Å². The van der Waals surface area contributed by atoms with Crippen molar-refractivity contribution in [2.75, 3.05) is 11.9 Å². The van der Waals surface area contributed by atoms with Crippen LogP contribution < -0.4 is 10.1 Å². The molecule has 4 heterocycles. The summed E-state index contributed by atoms with van der Waals surface area (Å²) < 4.78 is 62.4. The van der Waals surface area contributed by atoms with E-state index in [1.807, 2.05) is 11.5 Å². The number of nitrogens with zero attached hydrogens (tertiary/aromatic N) is 5. The van der Waals surface area contributed by atoms with Crippen molar-refractivity contribution in [2.45, 2.75) is 32.0 Å². The molecule has 8 nitrogen and oxygen atoms in total. The number of benzene rings is 1. The number of alkyl halides is 3. The number of hydrogen-bond acceptors (Lipinski definition) is 6. The van der Waals surface area contributed by atoms with Crippen molar-refractivity contribution in [2.24, 2.45) is 0 Å². The van der Waals surface area contributed by atoms with Crippen LogP contribution in [0.3, 0.4) is 0 Å². The van der Waals surface area contributed by atoms with Crippen molar-refractivity contribution in [1.29, 1.82) is 0 Å². The zero-order valence-electron chi connectivity index (χ0n) is 19.5. The minimum atomic E-state index is -4.66. The Labute approximate surface area is 208 Å². The Morgan fingerprint density at radius 3 is 2.78 bits per heavy atom. The first-order valence-corrected chi connectivity index (χ1v) is 11.4. The highest BCUT2D eigenvalue weighted by Gasteiger charge is 2.31. The van der Waals surface area contributed by atoms with E-state index in [-0.39, 0.29) is 40.9 Å². The molecule has 1 amide bonds. The Morgan fingerprint density at radius 1 is 1.14 bits per heavy atom. The molecular formula is C25H20F4N6O2. The summed E-state index contributed by atoms with van der Waals surface area (Å²) in [5.41, 5.74) is -0.954. The van der Waals surface area contributed by atoms with Gasteiger partial charge >= 0.3 is 6.18 Å². The van der Waals surface area contributed by atoms with E-state index in [9.17, 15) is 18.0 Å². The lowest BCUT2D eigenvalue weighted by atomic mass is 10.0. The number of amides is 1. The van der Waals surface area contributed by atoms with Gasteiger partial charge in [0.05, 0.1) is 17.7 Å². The van der Waals surface area contributed by atoms with Gasteiger partial charge in [-0.3, -0.25) is 9.78 Å². The normalized spacial score (nSPS) is 16.1. The number of aromatic nitrogens is 5. The van der Waals surface area contributed by atoms with E-state index in [1.54, 1.807) is 24.5 Å². The minimum absolute atomic E-state index is 0.00331. The van der Waals surface area contributed by atoms with Gasteiger partial charge in [0.1, 0.15) is 29.4 Å². The van der Waals surface area contributed by atoms with E-state index in [0.29, 0.717) is 30.6 Å². The van der Waals surface area contributed by atoms with Crippen molar-refractivity contribution in [1.82, 2.24) is 24.7 Å². The maximum Gasteiger partial charge on any atom is 0.417 e. The molecule has 1 atom stereocenters. The lowest BCUT2D eigenvalue weighted by Gasteiger charge is -2.18. The van der Waals surface area contributed by atoms with Crippen molar-refractivity contribution in [3.63, 3.8) is 0 Å². The highest BCUT2D eigenvalue weighted by Crippen LogP contribution is 2.35. The van der Waals surface area contributed by atoms with Gasteiger partial charge in [0.2, 0.25) is 0 Å². The first-order chi connectivity index (χ1) is 17.7. The summed E-state index contributed by atoms with van der Waals surface area (Å²) in [4.78, 5) is 21.3. The standard InChI is InChI=1S/C25H20F4N6O2/c1-14-4-3-7-37-21-10-19(26)17(15-8-16(12-30-11-15)25(27,28)29)9-18(21)24(36)33-22-6-2-5-20(32-22)23-34-31-13-35(14)23/h2,5-6,8-14H,3-4,7H2,1H3,(H,32,33,36). The van der Waals surface area contributed by atoms with Crippen LogP contribution in [-0.4, -0.2) is 37.2 Å². The number of halogens is 4. The number of hydrogen-bond donors (Lipinski definition) is 1. The molecule has 1 aliphatic rings. The molecule has 0 radical (unpaired) electrons. The van der Waals surface area contributed by atoms with Crippen LogP contribution in [0.4, 0.5) is 23.4 Å². The van der Waals surface area contributed by atoms with Crippen LogP contribution in [0.1, 0.15) is 41.7 Å². The highest BCUT2D eigenvalue weighted by atomic mass is 19.4. The maximum absolute atomic E-state index is 15.1. The number of fused-ring (bicyclic) bond motifs is 5. The van der Waals surface area contributed by atoms with E-state index < -0.39 is 23.5 Å². The first kappa shape index (κ1) is 24.3. The number of carbonyl (C=O) groups excluding carboxylic acids is 1. The molecule has 0 aliphatic carbocycles. The molecule has 1 aromatic carbocycles. The SMILES string of the molecule is CC1CCCOc2cc(F)c(-c3cncc(C(F)(F)F)c3)cc2C(=O)Nc2cccc(n2)-c2nncn21. The predicted molar refractivity (Wildman–Crippen MR) is 125 cm³/mol. The van der Waals surface area contributed by atoms with E-state index in [4.69, 9.17) is 4.74 Å². The zero-order valence-corrected chi connectivity index (χ0v) is 19.5. The smallest absolute Gasteiger partial charge is 0.417 e. The number of pyridine rings is 2. The van der Waals surface area contributed by atoms with Crippen molar-refractivity contribution < 1.29 is 27.1 Å². The zero-order chi connectivity index (χ0) is 26.2. The molecule has 190 valence electrons. The summed E-state index contributed by atoms with van der Waals surface area (Å²) in [5, 5.41) is 10.8. The molecule has 5 rings (SSSR count). The van der Waals surface area contributed by atoms with Gasteiger partial charge < -0.3 is 14.6 Å². The molecule has 0 saturated carbocycles. The number of ether oxygens (including phenoxy) is 1. The van der Waals surface area contributed by atoms with Gasteiger partial charge in [-0.25, -0.2) is 9.37 Å². The average Bonchev–Trinajstić information content (AvgIpc) is 3.36. The Balaban J connectivity index is 1.58. The van der Waals surface area contributed by atoms with E-state index >= 15 is 4.39 Å². The Kier molecular flexibility index (Phi) is 6.32. The van der Waals surface area contributed by atoms with E-state index in [1.165, 1.54) is 0 Å². The predicted octanol–water partition coefficient (Wildman–Crippen LogP) is 5.55. The average molecular weight is 512 g/mol. The van der Waals surface area contributed by atoms with Crippen LogP contribution in [0, 0.1) is 5.82 Å². The van der Waals surface area contributed by atoms with Crippen LogP contribution in [-0.2, 0) is 6.18 Å². The van der Waals surface area contributed by atoms with Crippen molar-refractivity contribution in [3.8, 4) is 28.4 Å². The number of rotatable bonds is 1. The summed E-state index contributed by atoms with van der Waals surface area (Å²) >= 11 is 0. The molecular weight excluding hydrogens is 492 g/mol. The molecule has 0 spiro atoms. The van der Waals surface area contributed by atoms with Crippen LogP contribution in [0.25, 0.3) is 22.6 Å². The lowest BCUT2D eigenvalue weighted by Crippen LogP contribution is -2.17. The maximum atomic E-state index is 15.1. The van der Waals surface area contributed by atoms with E-state index in [2.05, 4.69) is 25.5 Å². The Bertz CT molecular complexity index is 1470. The van der Waals surface area contributed by atoms with E-state index in [0.717, 1.165) is 24.4 Å². The van der Waals surface area contributed by atoms with Crippen LogP contribution in [0.2, 0.25) is 0 Å². The third-order valence-electron chi connectivity index (χ3n) is 5.98. The second-order valence-corrected chi connectivity index (χ2v) is 8.55. The molecule has 12 heteroatoms. The minimum Gasteiger partial charge on any atom is -0.493 e. The molecule has 4 aromatic rings. The highest BCUT2D eigenvalue weighted by molar-refractivity contribution is 6.06. The molecule has 37 heavy (non-hydrogen) atoms. The van der Waals surface area contributed by atoms with Gasteiger partial charge in [-0.15, -0.1) is 10.2 Å². The van der Waals surface area contributed by atoms with Crippen LogP contribution in [0.15, 0.2) is 55.1 Å². The first-order valence-electron chi connectivity index (χ1n) is 11.4.